The van der Waals surface area contributed by atoms with Gasteiger partial charge in [-0.05, 0) is 44.8 Å². The van der Waals surface area contributed by atoms with Gasteiger partial charge in [-0.2, -0.15) is 0 Å². The van der Waals surface area contributed by atoms with E-state index >= 15 is 0 Å². The molecule has 0 aromatic heterocycles. The average Bonchev–Trinajstić information content (AvgIpc) is 3.02. The molecule has 2 N–H and O–H groups in total. The standard InChI is InChI=1S/C18H19BrN2O2.ClH/c19-16-3-1-2-4-17(16)23-8-7-18(22)21-10-13-5-6-14-11-20-12-15(14)9-13;/h1-6,9,20H,7-8,10-12H2,(H,21,22);1H. The second-order valence-electron chi connectivity index (χ2n) is 5.51. The van der Waals surface area contributed by atoms with E-state index in [1.807, 2.05) is 24.3 Å². The maximum atomic E-state index is 11.9. The molecule has 0 bridgehead atoms. The second-order valence-corrected chi connectivity index (χ2v) is 6.37. The lowest BCUT2D eigenvalue weighted by Crippen LogP contribution is -2.24. The minimum atomic E-state index is -0.00400. The Morgan fingerprint density at radius 2 is 1.96 bits per heavy atom. The van der Waals surface area contributed by atoms with E-state index in [1.165, 1.54) is 11.1 Å². The van der Waals surface area contributed by atoms with Crippen molar-refractivity contribution in [2.75, 3.05) is 6.61 Å². The van der Waals surface area contributed by atoms with E-state index in [0.717, 1.165) is 28.9 Å². The van der Waals surface area contributed by atoms with Gasteiger partial charge >= 0.3 is 0 Å². The number of ether oxygens (including phenoxy) is 1. The quantitative estimate of drug-likeness (QED) is 0.764. The first-order valence-corrected chi connectivity index (χ1v) is 8.47. The molecule has 0 saturated carbocycles. The summed E-state index contributed by atoms with van der Waals surface area (Å²) in [6.07, 6.45) is 0.341. The summed E-state index contributed by atoms with van der Waals surface area (Å²) in [6, 6.07) is 14.0. The number of nitrogens with one attached hydrogen (secondary N) is 2. The molecule has 1 heterocycles. The molecule has 0 aliphatic carbocycles. The van der Waals surface area contributed by atoms with E-state index in [9.17, 15) is 4.79 Å². The summed E-state index contributed by atoms with van der Waals surface area (Å²) in [4.78, 5) is 11.9. The molecule has 0 radical (unpaired) electrons. The number of para-hydroxylation sites is 1. The van der Waals surface area contributed by atoms with Crippen molar-refractivity contribution in [2.45, 2.75) is 26.1 Å². The van der Waals surface area contributed by atoms with Gasteiger partial charge < -0.3 is 15.4 Å². The Hall–Kier alpha value is -1.56. The van der Waals surface area contributed by atoms with Gasteiger partial charge in [-0.15, -0.1) is 12.4 Å². The molecule has 1 aliphatic rings. The molecule has 3 rings (SSSR count). The number of hydrogen-bond donors (Lipinski definition) is 2. The zero-order valence-corrected chi connectivity index (χ0v) is 15.6. The molecule has 0 saturated heterocycles. The van der Waals surface area contributed by atoms with Crippen LogP contribution in [0.3, 0.4) is 0 Å². The highest BCUT2D eigenvalue weighted by atomic mass is 79.9. The molecule has 128 valence electrons. The van der Waals surface area contributed by atoms with Gasteiger partial charge in [0.25, 0.3) is 0 Å². The van der Waals surface area contributed by atoms with Crippen LogP contribution in [-0.4, -0.2) is 12.5 Å². The van der Waals surface area contributed by atoms with Crippen LogP contribution in [0.25, 0.3) is 0 Å². The molecule has 6 heteroatoms. The molecule has 4 nitrogen and oxygen atoms in total. The van der Waals surface area contributed by atoms with Gasteiger partial charge in [0.15, 0.2) is 0 Å². The number of hydrogen-bond acceptors (Lipinski definition) is 3. The number of carbonyl (C=O) groups is 1. The number of fused-ring (bicyclic) bond motifs is 1. The normalized spacial score (nSPS) is 12.2. The summed E-state index contributed by atoms with van der Waals surface area (Å²) in [7, 11) is 0. The topological polar surface area (TPSA) is 50.4 Å². The van der Waals surface area contributed by atoms with E-state index < -0.39 is 0 Å². The lowest BCUT2D eigenvalue weighted by Gasteiger charge is -2.09. The van der Waals surface area contributed by atoms with Crippen molar-refractivity contribution in [3.63, 3.8) is 0 Å². The minimum Gasteiger partial charge on any atom is -0.492 e. The van der Waals surface area contributed by atoms with Crippen LogP contribution >= 0.6 is 28.3 Å². The first-order chi connectivity index (χ1) is 11.2. The monoisotopic (exact) mass is 410 g/mol. The number of carbonyl (C=O) groups excluding carboxylic acids is 1. The van der Waals surface area contributed by atoms with Crippen molar-refractivity contribution < 1.29 is 9.53 Å². The smallest absolute Gasteiger partial charge is 0.223 e. The zero-order chi connectivity index (χ0) is 16.1. The van der Waals surface area contributed by atoms with Gasteiger partial charge in [0, 0.05) is 19.6 Å². The van der Waals surface area contributed by atoms with Crippen LogP contribution < -0.4 is 15.4 Å². The third-order valence-corrected chi connectivity index (χ3v) is 4.47. The Bertz CT molecular complexity index is 709. The van der Waals surface area contributed by atoms with Gasteiger partial charge in [-0.1, -0.05) is 30.3 Å². The molecule has 1 amide bonds. The van der Waals surface area contributed by atoms with Crippen LogP contribution in [0.1, 0.15) is 23.1 Å². The summed E-state index contributed by atoms with van der Waals surface area (Å²) in [6.45, 7) is 2.77. The summed E-state index contributed by atoms with van der Waals surface area (Å²) in [5, 5.41) is 6.26. The molecular formula is C18H20BrClN2O2. The molecule has 0 unspecified atom stereocenters. The van der Waals surface area contributed by atoms with Crippen LogP contribution in [-0.2, 0) is 24.4 Å². The maximum Gasteiger partial charge on any atom is 0.223 e. The van der Waals surface area contributed by atoms with E-state index in [1.54, 1.807) is 0 Å². The Morgan fingerprint density at radius 3 is 2.79 bits per heavy atom. The largest absolute Gasteiger partial charge is 0.492 e. The predicted molar refractivity (Wildman–Crippen MR) is 100 cm³/mol. The van der Waals surface area contributed by atoms with E-state index in [0.29, 0.717) is 19.6 Å². The predicted octanol–water partition coefficient (Wildman–Crippen LogP) is 3.56. The molecule has 2 aromatic carbocycles. The lowest BCUT2D eigenvalue weighted by atomic mass is 10.1. The lowest BCUT2D eigenvalue weighted by molar-refractivity contribution is -0.121. The summed E-state index contributed by atoms with van der Waals surface area (Å²) in [5.74, 6) is 0.752. The second kappa shape index (κ2) is 9.06. The zero-order valence-electron chi connectivity index (χ0n) is 13.2. The van der Waals surface area contributed by atoms with Crippen molar-refractivity contribution in [3.05, 3.63) is 63.6 Å². The minimum absolute atomic E-state index is 0. The summed E-state index contributed by atoms with van der Waals surface area (Å²) in [5.41, 5.74) is 3.81. The average molecular weight is 412 g/mol. The van der Waals surface area contributed by atoms with Crippen LogP contribution in [0.5, 0.6) is 5.75 Å². The van der Waals surface area contributed by atoms with Crippen LogP contribution in [0.2, 0.25) is 0 Å². The van der Waals surface area contributed by atoms with Gasteiger partial charge in [0.1, 0.15) is 5.75 Å². The molecule has 1 aliphatic heterocycles. The van der Waals surface area contributed by atoms with Gasteiger partial charge in [0.2, 0.25) is 5.91 Å². The number of amides is 1. The summed E-state index contributed by atoms with van der Waals surface area (Å²) >= 11 is 3.42. The van der Waals surface area contributed by atoms with Gasteiger partial charge in [-0.25, -0.2) is 0 Å². The Kier molecular flexibility index (Phi) is 7.09. The van der Waals surface area contributed by atoms with Crippen molar-refractivity contribution in [2.24, 2.45) is 0 Å². The molecular weight excluding hydrogens is 392 g/mol. The molecule has 0 spiro atoms. The first-order valence-electron chi connectivity index (χ1n) is 7.68. The Balaban J connectivity index is 0.00000208. The van der Waals surface area contributed by atoms with Crippen molar-refractivity contribution >= 4 is 34.2 Å². The molecule has 0 atom stereocenters. The van der Waals surface area contributed by atoms with Crippen LogP contribution in [0.4, 0.5) is 0 Å². The van der Waals surface area contributed by atoms with Gasteiger partial charge in [0.05, 0.1) is 17.5 Å². The molecule has 24 heavy (non-hydrogen) atoms. The number of benzene rings is 2. The van der Waals surface area contributed by atoms with Crippen LogP contribution in [0.15, 0.2) is 46.9 Å². The fourth-order valence-electron chi connectivity index (χ4n) is 2.56. The number of rotatable bonds is 6. The Labute approximate surface area is 156 Å². The van der Waals surface area contributed by atoms with E-state index in [-0.39, 0.29) is 18.3 Å². The van der Waals surface area contributed by atoms with Crippen molar-refractivity contribution in [1.82, 2.24) is 10.6 Å². The highest BCUT2D eigenvalue weighted by molar-refractivity contribution is 9.10. The Morgan fingerprint density at radius 1 is 1.17 bits per heavy atom. The maximum absolute atomic E-state index is 11.9. The molecule has 0 fully saturated rings. The van der Waals surface area contributed by atoms with E-state index in [2.05, 4.69) is 44.8 Å². The van der Waals surface area contributed by atoms with Crippen molar-refractivity contribution in [1.29, 1.82) is 0 Å². The van der Waals surface area contributed by atoms with E-state index in [4.69, 9.17) is 4.74 Å². The molecule has 2 aromatic rings. The number of halogens is 2. The fourth-order valence-corrected chi connectivity index (χ4v) is 2.96. The highest BCUT2D eigenvalue weighted by Gasteiger charge is 2.10. The summed E-state index contributed by atoms with van der Waals surface area (Å²) < 4.78 is 6.50. The first kappa shape index (κ1) is 18.8. The highest BCUT2D eigenvalue weighted by Crippen LogP contribution is 2.23. The van der Waals surface area contributed by atoms with Gasteiger partial charge in [-0.3, -0.25) is 4.79 Å². The SMILES string of the molecule is Cl.O=C(CCOc1ccccc1Br)NCc1ccc2c(c1)CNC2. The van der Waals surface area contributed by atoms with Crippen molar-refractivity contribution in [3.8, 4) is 5.75 Å². The fraction of sp³-hybridized carbons (Fsp3) is 0.278. The van der Waals surface area contributed by atoms with Crippen LogP contribution in [0, 0.1) is 0 Å². The third kappa shape index (κ3) is 4.97. The third-order valence-electron chi connectivity index (χ3n) is 3.81.